The Labute approximate surface area is 806 Å². The lowest BCUT2D eigenvalue weighted by Gasteiger charge is -2.25. The number of carbonyl (C=O) groups excluding carboxylic acids is 3. The quantitative estimate of drug-likeness (QED) is 0.0169. The van der Waals surface area contributed by atoms with Gasteiger partial charge in [0.05, 0.1) is 101 Å². The van der Waals surface area contributed by atoms with Gasteiger partial charge in [-0.15, -0.1) is 0 Å². The number of hydrogen-bond donors (Lipinski definition) is 8. The van der Waals surface area contributed by atoms with Gasteiger partial charge in [-0.1, -0.05) is 70.7 Å². The number of nitrogens with two attached hydrogens (primary N) is 2. The minimum absolute atomic E-state index is 0.00274. The van der Waals surface area contributed by atoms with Crippen molar-refractivity contribution in [3.8, 4) is 52.1 Å². The molecule has 0 saturated heterocycles. The number of nitrogens with zero attached hydrogens (tertiary/aromatic N) is 13. The van der Waals surface area contributed by atoms with Crippen LogP contribution in [-0.2, 0) is 45.4 Å². The summed E-state index contributed by atoms with van der Waals surface area (Å²) in [5.74, 6) is 6.44. The van der Waals surface area contributed by atoms with Gasteiger partial charge in [0.15, 0.2) is 46.0 Å². The van der Waals surface area contributed by atoms with Gasteiger partial charge < -0.3 is 81.1 Å². The monoisotopic (exact) mass is 1920 g/mol. The molecule has 10 N–H and O–H groups in total. The first-order valence-corrected chi connectivity index (χ1v) is 45.6. The number of nitrogens with one attached hydrogen (secondary N) is 5. The molecule has 716 valence electrons. The summed E-state index contributed by atoms with van der Waals surface area (Å²) in [5.41, 5.74) is 20.9. The Bertz CT molecular complexity index is 5930. The second kappa shape index (κ2) is 51.8. The number of Topliss-reactive ketones (excluding diaryl/α,β-unsaturated/α-hetero) is 2. The Morgan fingerprint density at radius 1 is 0.526 bits per heavy atom. The third-order valence-electron chi connectivity index (χ3n) is 22.8. The van der Waals surface area contributed by atoms with Crippen molar-refractivity contribution in [2.75, 3.05) is 124 Å². The number of benzene rings is 8. The molecule has 0 aliphatic carbocycles. The zero-order valence-electron chi connectivity index (χ0n) is 78.4. The van der Waals surface area contributed by atoms with Crippen molar-refractivity contribution in [2.45, 2.75) is 143 Å². The van der Waals surface area contributed by atoms with Crippen LogP contribution in [0.3, 0.4) is 0 Å². The molecule has 5 heterocycles. The van der Waals surface area contributed by atoms with Crippen molar-refractivity contribution in [1.29, 1.82) is 5.26 Å². The second-order valence-electron chi connectivity index (χ2n) is 32.2. The number of anilines is 8. The highest BCUT2D eigenvalue weighted by atomic mass is 35.5. The molecule has 1 aliphatic heterocycles. The molecule has 33 nitrogen and oxygen atoms in total. The number of hydrogen-bond acceptors (Lipinski definition) is 31. The van der Waals surface area contributed by atoms with Crippen LogP contribution in [0.4, 0.5) is 46.0 Å². The number of carboxylic acid groups (broad SMARTS) is 1. The number of carbonyl (C=O) groups is 4. The fraction of sp³-hybridized carbons (Fsp3) is 0.378. The molecule has 135 heavy (non-hydrogen) atoms. The van der Waals surface area contributed by atoms with Gasteiger partial charge in [0.2, 0.25) is 5.91 Å². The highest BCUT2D eigenvalue weighted by Gasteiger charge is 2.26. The molecule has 8 aromatic carbocycles. The number of carboxylic acids is 1. The molecular weight excluding hydrogens is 1810 g/mol. The third kappa shape index (κ3) is 29.5. The van der Waals surface area contributed by atoms with Gasteiger partial charge in [0.1, 0.15) is 66.2 Å². The van der Waals surface area contributed by atoms with Gasteiger partial charge >= 0.3 is 5.97 Å². The van der Waals surface area contributed by atoms with Crippen LogP contribution in [0.2, 0.25) is 20.1 Å². The molecule has 37 heteroatoms. The number of ketones is 2. The lowest BCUT2D eigenvalue weighted by molar-refractivity contribution is -0.142. The predicted octanol–water partition coefficient (Wildman–Crippen LogP) is 17.9. The summed E-state index contributed by atoms with van der Waals surface area (Å²) in [5, 5.41) is 40.1. The van der Waals surface area contributed by atoms with E-state index in [-0.39, 0.29) is 35.6 Å². The number of nitriles is 1. The molecule has 1 amide bonds. The molecule has 2 bridgehead atoms. The summed E-state index contributed by atoms with van der Waals surface area (Å²) in [4.78, 5) is 90.7. The summed E-state index contributed by atoms with van der Waals surface area (Å²) >= 11 is 25.2. The first kappa shape index (κ1) is 104. The van der Waals surface area contributed by atoms with E-state index < -0.39 is 12.0 Å². The molecule has 13 rings (SSSR count). The molecule has 4 unspecified atom stereocenters. The number of likely N-dealkylation sites (N-methyl/N-ethyl adjacent to an activating group) is 4. The Hall–Kier alpha value is -12.6. The molecule has 4 atom stereocenters. The van der Waals surface area contributed by atoms with Crippen molar-refractivity contribution in [3.63, 3.8) is 0 Å². The Kier molecular flexibility index (Phi) is 40.1. The van der Waals surface area contributed by atoms with E-state index in [0.717, 1.165) is 116 Å². The number of aromatic nitrogens is 8. The van der Waals surface area contributed by atoms with Crippen LogP contribution >= 0.6 is 46.4 Å². The molecule has 0 spiro atoms. The van der Waals surface area contributed by atoms with E-state index in [0.29, 0.717) is 185 Å². The molecule has 0 fully saturated rings. The average molecular weight is 1930 g/mol. The fourth-order valence-electron chi connectivity index (χ4n) is 14.1. The molecule has 1 aliphatic rings. The fourth-order valence-corrected chi connectivity index (χ4v) is 14.7. The maximum absolute atomic E-state index is 12.6. The van der Waals surface area contributed by atoms with E-state index in [4.69, 9.17) is 101 Å². The van der Waals surface area contributed by atoms with Crippen LogP contribution in [0.25, 0.3) is 43.6 Å². The van der Waals surface area contributed by atoms with Crippen LogP contribution in [0.15, 0.2) is 147 Å². The first-order chi connectivity index (χ1) is 65.0. The number of rotatable bonds is 36. The SMILES string of the molecule is COc1cc2ncnc(Nc3cc(Cl)ccc3CN(C)C(C)C(=O)O)c2cc1OCCCCN.COc1cc2ncnc(Nc3cc(Cl)ccc3CN(C)C(C)C(C)=O)c2cc1OCCCC#N.COc1cc2ncnc(Nc3cc(Cl)ccc3CN(C)C(C)C(C)=O)c2cc1OCCCCN.COc1cc2ncnc3c2cc1OCCCCNC(=O)C(C)N(C)Cc1ccc(Cl)cc1N3. The molecule has 12 aromatic rings. The van der Waals surface area contributed by atoms with Gasteiger partial charge in [-0.3, -0.25) is 38.8 Å². The lowest BCUT2D eigenvalue weighted by Crippen LogP contribution is -2.43. The number of ether oxygens (including phenoxy) is 8. The van der Waals surface area contributed by atoms with Gasteiger partial charge in [0, 0.05) is 128 Å². The van der Waals surface area contributed by atoms with E-state index in [1.54, 1.807) is 79.4 Å². The lowest BCUT2D eigenvalue weighted by atomic mass is 10.1. The van der Waals surface area contributed by atoms with Crippen LogP contribution in [-0.4, -0.2) is 215 Å². The molecular formula is C98H118Cl4N20O13. The summed E-state index contributed by atoms with van der Waals surface area (Å²) in [6.45, 7) is 16.4. The second-order valence-corrected chi connectivity index (χ2v) is 34.0. The first-order valence-electron chi connectivity index (χ1n) is 44.1. The largest absolute Gasteiger partial charge is 0.493 e. The van der Waals surface area contributed by atoms with Crippen LogP contribution in [0.1, 0.15) is 115 Å². The number of amides is 1. The smallest absolute Gasteiger partial charge is 0.320 e. The van der Waals surface area contributed by atoms with E-state index in [2.05, 4.69) is 72.5 Å². The standard InChI is InChI=1S/C25H32ClN5O3.C25H28ClN5O3.C24H30ClN5O4.C24H28ClN5O3/c2*1-16(17(2)32)31(3)14-18-7-8-19(26)11-21(18)30-25-20-12-24(34-10-6-5-9-27)23(33-4)13-22(20)28-15-29-25;1-15(24(31)32)30(2)13-16-6-7-17(25)10-19(16)29-23-18-11-22(34-9-5-4-8-26)21(33-3)12-20(18)27-14-28-23;1-15-24(31)26-8-4-5-9-33-22-11-18-20(12-21(22)32-3)27-14-28-23(18)29-19-10-17(25)7-6-16(19)13-30(15)2/h7-8,11-13,15-16H,5-6,9-10,14,27H2,1-4H3,(H,28,29,30);7-8,11-13,15-16H,5-6,10,14H2,1-4H3,(H,28,29,30);6-7,10-12,14-15H,4-5,8-9,13,26H2,1-3H3,(H,31,32)(H,27,28,29);6-7,10-12,14-15H,4-5,8-9,13H2,1-3H3,(H,26,31)(H,27,28,29). The zero-order valence-corrected chi connectivity index (χ0v) is 81.5. The summed E-state index contributed by atoms with van der Waals surface area (Å²) < 4.78 is 45.8. The molecule has 4 aromatic heterocycles. The zero-order chi connectivity index (χ0) is 97.4. The highest BCUT2D eigenvalue weighted by Crippen LogP contribution is 2.42. The number of aliphatic carboxylic acids is 1. The number of halogens is 4. The van der Waals surface area contributed by atoms with Gasteiger partial charge in [-0.25, -0.2) is 39.9 Å². The van der Waals surface area contributed by atoms with Gasteiger partial charge in [0.25, 0.3) is 0 Å². The minimum Gasteiger partial charge on any atom is -0.493 e. The van der Waals surface area contributed by atoms with E-state index in [1.165, 1.54) is 25.3 Å². The van der Waals surface area contributed by atoms with Gasteiger partial charge in [-0.05, 0) is 223 Å². The van der Waals surface area contributed by atoms with E-state index in [1.807, 2.05) is 160 Å². The predicted molar refractivity (Wildman–Crippen MR) is 532 cm³/mol. The number of methoxy groups -OCH3 is 4. The maximum atomic E-state index is 12.6. The Balaban J connectivity index is 0.000000186. The van der Waals surface area contributed by atoms with Crippen molar-refractivity contribution in [3.05, 3.63) is 189 Å². The Morgan fingerprint density at radius 2 is 0.919 bits per heavy atom. The van der Waals surface area contributed by atoms with E-state index in [9.17, 15) is 24.3 Å². The summed E-state index contributed by atoms with van der Waals surface area (Å²) in [6, 6.07) is 37.8. The minimum atomic E-state index is -0.888. The molecule has 0 saturated carbocycles. The van der Waals surface area contributed by atoms with Crippen molar-refractivity contribution in [2.24, 2.45) is 11.5 Å². The van der Waals surface area contributed by atoms with Gasteiger partial charge in [-0.2, -0.15) is 5.26 Å². The highest BCUT2D eigenvalue weighted by molar-refractivity contribution is 6.32. The van der Waals surface area contributed by atoms with Crippen LogP contribution < -0.4 is 75.9 Å². The van der Waals surface area contributed by atoms with Crippen molar-refractivity contribution >= 4 is 159 Å². The van der Waals surface area contributed by atoms with Crippen LogP contribution in [0.5, 0.6) is 46.0 Å². The molecule has 0 radical (unpaired) electrons. The number of fused-ring (bicyclic) bond motifs is 5. The number of unbranched alkanes of at least 4 members (excludes halogenated alkanes) is 3. The van der Waals surface area contributed by atoms with Crippen LogP contribution in [0, 0.1) is 11.3 Å². The van der Waals surface area contributed by atoms with E-state index >= 15 is 0 Å². The third-order valence-corrected chi connectivity index (χ3v) is 23.7. The average Bonchev–Trinajstić information content (AvgIpc) is 0.843. The van der Waals surface area contributed by atoms with Crippen molar-refractivity contribution < 1.29 is 62.2 Å². The normalized spacial score (nSPS) is 13.5. The maximum Gasteiger partial charge on any atom is 0.320 e. The topological polar surface area (TPSA) is 414 Å². The summed E-state index contributed by atoms with van der Waals surface area (Å²) in [6.07, 6.45) is 12.1. The summed E-state index contributed by atoms with van der Waals surface area (Å²) in [7, 11) is 13.9. The Morgan fingerprint density at radius 3 is 1.33 bits per heavy atom. The van der Waals surface area contributed by atoms with Crippen molar-refractivity contribution in [1.82, 2.24) is 64.8 Å².